The number of ketones is 1. The van der Waals surface area contributed by atoms with E-state index >= 15 is 0 Å². The Morgan fingerprint density at radius 3 is 2.75 bits per heavy atom. The van der Waals surface area contributed by atoms with Gasteiger partial charge in [-0.05, 0) is 30.8 Å². The molecule has 0 aromatic heterocycles. The third-order valence-corrected chi connectivity index (χ3v) is 3.10. The minimum absolute atomic E-state index is 0.442. The quantitative estimate of drug-likeness (QED) is 0.627. The van der Waals surface area contributed by atoms with E-state index in [0.717, 1.165) is 30.8 Å². The summed E-state index contributed by atoms with van der Waals surface area (Å²) in [5.74, 6) is 1.18. The minimum atomic E-state index is 0.442. The lowest BCUT2D eigenvalue weighted by Gasteiger charge is -2.24. The van der Waals surface area contributed by atoms with Crippen LogP contribution in [-0.2, 0) is 4.79 Å². The number of rotatable bonds is 3. The summed E-state index contributed by atoms with van der Waals surface area (Å²) in [6, 6.07) is 0. The zero-order chi connectivity index (χ0) is 8.39. The van der Waals surface area contributed by atoms with Crippen molar-refractivity contribution in [1.29, 1.82) is 0 Å². The van der Waals surface area contributed by atoms with Gasteiger partial charge in [0.05, 0.1) is 0 Å². The highest BCUT2D eigenvalue weighted by molar-refractivity contribution is 5.95. The molecule has 2 aliphatic carbocycles. The second kappa shape index (κ2) is 3.42. The first kappa shape index (κ1) is 8.03. The summed E-state index contributed by atoms with van der Waals surface area (Å²) in [6.07, 6.45) is 10.3. The molecule has 66 valence electrons. The van der Waals surface area contributed by atoms with Crippen LogP contribution in [0.3, 0.4) is 0 Å². The molecule has 0 bridgehead atoms. The van der Waals surface area contributed by atoms with Gasteiger partial charge in [-0.25, -0.2) is 0 Å². The first-order valence-electron chi connectivity index (χ1n) is 5.08. The van der Waals surface area contributed by atoms with E-state index in [0.29, 0.717) is 5.78 Å². The largest absolute Gasteiger partial charge is 0.295 e. The van der Waals surface area contributed by atoms with Crippen LogP contribution >= 0.6 is 0 Å². The van der Waals surface area contributed by atoms with Crippen LogP contribution in [-0.4, -0.2) is 5.78 Å². The average molecular weight is 164 g/mol. The summed E-state index contributed by atoms with van der Waals surface area (Å²) in [7, 11) is 0. The Morgan fingerprint density at radius 1 is 1.42 bits per heavy atom. The molecule has 0 radical (unpaired) electrons. The summed E-state index contributed by atoms with van der Waals surface area (Å²) < 4.78 is 0. The normalized spacial score (nSPS) is 23.5. The van der Waals surface area contributed by atoms with Crippen molar-refractivity contribution in [1.82, 2.24) is 0 Å². The van der Waals surface area contributed by atoms with E-state index in [2.05, 4.69) is 6.08 Å². The van der Waals surface area contributed by atoms with E-state index in [9.17, 15) is 4.79 Å². The van der Waals surface area contributed by atoms with Crippen molar-refractivity contribution in [3.05, 3.63) is 11.6 Å². The van der Waals surface area contributed by atoms with Crippen molar-refractivity contribution in [2.24, 2.45) is 5.92 Å². The first-order valence-corrected chi connectivity index (χ1v) is 5.08. The van der Waals surface area contributed by atoms with E-state index < -0.39 is 0 Å². The van der Waals surface area contributed by atoms with Crippen LogP contribution in [0, 0.1) is 5.92 Å². The fourth-order valence-electron chi connectivity index (χ4n) is 2.01. The van der Waals surface area contributed by atoms with Crippen LogP contribution in [0.4, 0.5) is 0 Å². The molecular weight excluding hydrogens is 148 g/mol. The van der Waals surface area contributed by atoms with E-state index in [1.54, 1.807) is 0 Å². The van der Waals surface area contributed by atoms with E-state index in [-0.39, 0.29) is 0 Å². The fraction of sp³-hybridized carbons (Fsp3) is 0.727. The topological polar surface area (TPSA) is 17.1 Å². The first-order chi connectivity index (χ1) is 5.86. The number of hydrogen-bond donors (Lipinski definition) is 0. The molecule has 1 saturated carbocycles. The molecule has 0 heterocycles. The number of allylic oxidation sites excluding steroid dienone is 2. The molecule has 12 heavy (non-hydrogen) atoms. The van der Waals surface area contributed by atoms with Gasteiger partial charge in [-0.2, -0.15) is 0 Å². The molecule has 1 heteroatoms. The Labute approximate surface area is 73.8 Å². The lowest BCUT2D eigenvalue weighted by molar-refractivity contribution is -0.117. The van der Waals surface area contributed by atoms with Gasteiger partial charge in [0.2, 0.25) is 0 Å². The Balaban J connectivity index is 1.82. The molecule has 0 aromatic carbocycles. The molecule has 0 aromatic rings. The number of Topliss-reactive ketones (excluding diaryl/α,β-unsaturated/α-hetero) is 1. The zero-order valence-corrected chi connectivity index (χ0v) is 7.51. The van der Waals surface area contributed by atoms with Crippen molar-refractivity contribution >= 4 is 5.78 Å². The van der Waals surface area contributed by atoms with Gasteiger partial charge in [-0.15, -0.1) is 0 Å². The van der Waals surface area contributed by atoms with Crippen LogP contribution in [0.1, 0.15) is 44.9 Å². The van der Waals surface area contributed by atoms with Gasteiger partial charge in [0, 0.05) is 6.42 Å². The molecule has 0 amide bonds. The van der Waals surface area contributed by atoms with E-state index in [4.69, 9.17) is 0 Å². The van der Waals surface area contributed by atoms with Crippen molar-refractivity contribution < 1.29 is 4.79 Å². The molecule has 1 nitrogen and oxygen atoms in total. The zero-order valence-electron chi connectivity index (χ0n) is 7.51. The highest BCUT2D eigenvalue weighted by Crippen LogP contribution is 2.31. The number of carbonyl (C=O) groups is 1. The summed E-state index contributed by atoms with van der Waals surface area (Å²) in [4.78, 5) is 11.6. The fourth-order valence-corrected chi connectivity index (χ4v) is 2.01. The molecule has 0 N–H and O–H groups in total. The molecule has 2 rings (SSSR count). The van der Waals surface area contributed by atoms with Crippen molar-refractivity contribution in [3.63, 3.8) is 0 Å². The second-order valence-electron chi connectivity index (χ2n) is 4.05. The Hall–Kier alpha value is -0.590. The molecule has 0 unspecified atom stereocenters. The lowest BCUT2D eigenvalue weighted by Crippen LogP contribution is -2.16. The van der Waals surface area contributed by atoms with Crippen LogP contribution in [0.2, 0.25) is 0 Å². The lowest BCUT2D eigenvalue weighted by atomic mass is 9.81. The SMILES string of the molecule is O=C(CC1CCC1)C1=CCCC1. The summed E-state index contributed by atoms with van der Waals surface area (Å²) in [5.41, 5.74) is 1.13. The maximum absolute atomic E-state index is 11.6. The second-order valence-corrected chi connectivity index (χ2v) is 4.05. The molecule has 2 aliphatic rings. The van der Waals surface area contributed by atoms with Crippen molar-refractivity contribution in [3.8, 4) is 0 Å². The maximum atomic E-state index is 11.6. The number of hydrogen-bond acceptors (Lipinski definition) is 1. The monoisotopic (exact) mass is 164 g/mol. The van der Waals surface area contributed by atoms with E-state index in [1.807, 2.05) is 0 Å². The van der Waals surface area contributed by atoms with Crippen LogP contribution in [0.5, 0.6) is 0 Å². The van der Waals surface area contributed by atoms with Crippen molar-refractivity contribution in [2.75, 3.05) is 0 Å². The van der Waals surface area contributed by atoms with Gasteiger partial charge >= 0.3 is 0 Å². The van der Waals surface area contributed by atoms with Gasteiger partial charge < -0.3 is 0 Å². The maximum Gasteiger partial charge on any atom is 0.158 e. The molecule has 0 spiro atoms. The predicted molar refractivity (Wildman–Crippen MR) is 48.9 cm³/mol. The molecular formula is C11H16O. The summed E-state index contributed by atoms with van der Waals surface area (Å²) >= 11 is 0. The average Bonchev–Trinajstić information content (AvgIpc) is 2.47. The predicted octanol–water partition coefficient (Wildman–Crippen LogP) is 2.86. The van der Waals surface area contributed by atoms with Crippen LogP contribution in [0.15, 0.2) is 11.6 Å². The number of carbonyl (C=O) groups excluding carboxylic acids is 1. The molecule has 0 saturated heterocycles. The summed E-state index contributed by atoms with van der Waals surface area (Å²) in [6.45, 7) is 0. The van der Waals surface area contributed by atoms with Crippen LogP contribution < -0.4 is 0 Å². The minimum Gasteiger partial charge on any atom is -0.295 e. The Kier molecular flexibility index (Phi) is 2.29. The highest BCUT2D eigenvalue weighted by Gasteiger charge is 2.22. The van der Waals surface area contributed by atoms with Gasteiger partial charge in [0.1, 0.15) is 0 Å². The standard InChI is InChI=1S/C11H16O/c12-11(8-9-4-3-5-9)10-6-1-2-7-10/h6,9H,1-5,7-8H2. The van der Waals surface area contributed by atoms with Gasteiger partial charge in [-0.1, -0.05) is 25.3 Å². The molecule has 0 aliphatic heterocycles. The van der Waals surface area contributed by atoms with Gasteiger partial charge in [0.25, 0.3) is 0 Å². The molecule has 1 fully saturated rings. The van der Waals surface area contributed by atoms with Crippen molar-refractivity contribution in [2.45, 2.75) is 44.9 Å². The highest BCUT2D eigenvalue weighted by atomic mass is 16.1. The smallest absolute Gasteiger partial charge is 0.158 e. The van der Waals surface area contributed by atoms with Crippen LogP contribution in [0.25, 0.3) is 0 Å². The van der Waals surface area contributed by atoms with E-state index in [1.165, 1.54) is 25.7 Å². The van der Waals surface area contributed by atoms with Gasteiger partial charge in [-0.3, -0.25) is 4.79 Å². The Bertz CT molecular complexity index is 211. The Morgan fingerprint density at radius 2 is 2.25 bits per heavy atom. The third kappa shape index (κ3) is 1.60. The third-order valence-electron chi connectivity index (χ3n) is 3.10. The molecule has 0 atom stereocenters. The summed E-state index contributed by atoms with van der Waals surface area (Å²) in [5, 5.41) is 0. The van der Waals surface area contributed by atoms with Gasteiger partial charge in [0.15, 0.2) is 5.78 Å².